The molecule has 0 saturated heterocycles. The molecule has 2 atom stereocenters. The van der Waals surface area contributed by atoms with E-state index in [2.05, 4.69) is 5.32 Å². The van der Waals surface area contributed by atoms with Crippen LogP contribution in [0.15, 0.2) is 0 Å². The Morgan fingerprint density at radius 3 is 2.11 bits per heavy atom. The Hall–Kier alpha value is -1.26. The largest absolute Gasteiger partial charge is 0.480 e. The summed E-state index contributed by atoms with van der Waals surface area (Å²) >= 11 is 0. The van der Waals surface area contributed by atoms with Crippen LogP contribution in [0.1, 0.15) is 47.5 Å². The van der Waals surface area contributed by atoms with Crippen molar-refractivity contribution in [3.63, 3.8) is 0 Å². The molecule has 0 fully saturated rings. The molecule has 0 aromatic rings. The quantitative estimate of drug-likeness (QED) is 0.736. The lowest BCUT2D eigenvalue weighted by molar-refractivity contribution is -0.140. The van der Waals surface area contributed by atoms with Gasteiger partial charge >= 0.3 is 12.0 Å². The average molecular weight is 258 g/mol. The van der Waals surface area contributed by atoms with Crippen molar-refractivity contribution in [3.05, 3.63) is 0 Å². The molecule has 0 aliphatic heterocycles. The summed E-state index contributed by atoms with van der Waals surface area (Å²) in [5.41, 5.74) is 0. The molecule has 2 amide bonds. The molecule has 5 nitrogen and oxygen atoms in total. The second-order valence-corrected chi connectivity index (χ2v) is 4.94. The summed E-state index contributed by atoms with van der Waals surface area (Å²) in [5.74, 6) is -1.06. The van der Waals surface area contributed by atoms with Gasteiger partial charge in [-0.05, 0) is 26.2 Å². The van der Waals surface area contributed by atoms with Crippen LogP contribution < -0.4 is 5.32 Å². The van der Waals surface area contributed by atoms with Crippen molar-refractivity contribution >= 4 is 12.0 Å². The fourth-order valence-corrected chi connectivity index (χ4v) is 1.73. The topological polar surface area (TPSA) is 69.6 Å². The number of urea groups is 1. The molecule has 0 spiro atoms. The van der Waals surface area contributed by atoms with Gasteiger partial charge in [0.05, 0.1) is 0 Å². The second-order valence-electron chi connectivity index (χ2n) is 4.94. The van der Waals surface area contributed by atoms with Crippen LogP contribution in [0.2, 0.25) is 0 Å². The molecule has 0 aliphatic carbocycles. The molecule has 2 N–H and O–H groups in total. The number of nitrogens with one attached hydrogen (secondary N) is 1. The van der Waals surface area contributed by atoms with Gasteiger partial charge in [0.2, 0.25) is 0 Å². The van der Waals surface area contributed by atoms with E-state index in [0.29, 0.717) is 13.0 Å². The first-order valence-corrected chi connectivity index (χ1v) is 6.65. The summed E-state index contributed by atoms with van der Waals surface area (Å²) in [5, 5.41) is 11.8. The molecular formula is C13H26N2O3. The third kappa shape index (κ3) is 4.94. The van der Waals surface area contributed by atoms with Crippen molar-refractivity contribution in [3.8, 4) is 0 Å². The van der Waals surface area contributed by atoms with E-state index in [-0.39, 0.29) is 18.0 Å². The number of carboxylic acid groups (broad SMARTS) is 1. The number of carboxylic acids is 1. The molecule has 5 heteroatoms. The zero-order valence-electron chi connectivity index (χ0n) is 12.1. The van der Waals surface area contributed by atoms with E-state index in [1.807, 2.05) is 34.6 Å². The van der Waals surface area contributed by atoms with Gasteiger partial charge in [0.25, 0.3) is 0 Å². The summed E-state index contributed by atoms with van der Waals surface area (Å²) in [4.78, 5) is 24.9. The molecular weight excluding hydrogens is 232 g/mol. The molecule has 0 heterocycles. The maximum atomic E-state index is 12.1. The Morgan fingerprint density at radius 1 is 1.22 bits per heavy atom. The van der Waals surface area contributed by atoms with E-state index in [0.717, 1.165) is 6.42 Å². The van der Waals surface area contributed by atoms with Gasteiger partial charge in [-0.3, -0.25) is 0 Å². The molecule has 0 aliphatic rings. The third-order valence-corrected chi connectivity index (χ3v) is 3.11. The van der Waals surface area contributed by atoms with Crippen LogP contribution in [0, 0.1) is 5.92 Å². The number of nitrogens with zero attached hydrogens (tertiary/aromatic N) is 1. The highest BCUT2D eigenvalue weighted by Crippen LogP contribution is 2.09. The highest BCUT2D eigenvalue weighted by Gasteiger charge is 2.27. The Bertz CT molecular complexity index is 279. The number of carbonyl (C=O) groups is 2. The van der Waals surface area contributed by atoms with E-state index in [4.69, 9.17) is 5.11 Å². The van der Waals surface area contributed by atoms with Gasteiger partial charge in [-0.2, -0.15) is 0 Å². The van der Waals surface area contributed by atoms with E-state index < -0.39 is 12.0 Å². The number of rotatable bonds is 7. The SMILES string of the molecule is CCCN(C(=O)N[C@H](C(=O)O)[C@@H](C)CC)C(C)C. The van der Waals surface area contributed by atoms with Crippen LogP contribution in [0.3, 0.4) is 0 Å². The Kier molecular flexibility index (Phi) is 7.39. The Balaban J connectivity index is 4.71. The molecule has 0 rings (SSSR count). The molecule has 0 bridgehead atoms. The van der Waals surface area contributed by atoms with Crippen molar-refractivity contribution < 1.29 is 14.7 Å². The first-order chi connectivity index (χ1) is 8.34. The predicted octanol–water partition coefficient (Wildman–Crippen LogP) is 2.32. The minimum absolute atomic E-state index is 0.0660. The van der Waals surface area contributed by atoms with Crippen molar-refractivity contribution in [1.82, 2.24) is 10.2 Å². The van der Waals surface area contributed by atoms with Gasteiger partial charge in [0.15, 0.2) is 0 Å². The zero-order valence-corrected chi connectivity index (χ0v) is 12.1. The minimum atomic E-state index is -0.974. The van der Waals surface area contributed by atoms with Gasteiger partial charge in [0, 0.05) is 12.6 Å². The summed E-state index contributed by atoms with van der Waals surface area (Å²) in [6.07, 6.45) is 1.57. The predicted molar refractivity (Wildman–Crippen MR) is 71.5 cm³/mol. The smallest absolute Gasteiger partial charge is 0.326 e. The van der Waals surface area contributed by atoms with Crippen molar-refractivity contribution in [2.24, 2.45) is 5.92 Å². The van der Waals surface area contributed by atoms with Crippen LogP contribution in [-0.2, 0) is 4.79 Å². The van der Waals surface area contributed by atoms with Crippen molar-refractivity contribution in [2.75, 3.05) is 6.54 Å². The highest BCUT2D eigenvalue weighted by molar-refractivity contribution is 5.82. The second kappa shape index (κ2) is 7.95. The van der Waals surface area contributed by atoms with Gasteiger partial charge < -0.3 is 15.3 Å². The number of aliphatic carboxylic acids is 1. The number of carbonyl (C=O) groups excluding carboxylic acids is 1. The monoisotopic (exact) mass is 258 g/mol. The highest BCUT2D eigenvalue weighted by atomic mass is 16.4. The molecule has 0 aromatic heterocycles. The number of amides is 2. The van der Waals surface area contributed by atoms with Crippen molar-refractivity contribution in [1.29, 1.82) is 0 Å². The van der Waals surface area contributed by atoms with Crippen LogP contribution in [0.5, 0.6) is 0 Å². The fourth-order valence-electron chi connectivity index (χ4n) is 1.73. The van der Waals surface area contributed by atoms with Crippen LogP contribution in [0.4, 0.5) is 4.79 Å². The van der Waals surface area contributed by atoms with Crippen LogP contribution in [-0.4, -0.2) is 40.6 Å². The molecule has 106 valence electrons. The lowest BCUT2D eigenvalue weighted by Gasteiger charge is -2.29. The Morgan fingerprint density at radius 2 is 1.78 bits per heavy atom. The maximum absolute atomic E-state index is 12.1. The third-order valence-electron chi connectivity index (χ3n) is 3.11. The van der Waals surface area contributed by atoms with Gasteiger partial charge in [-0.1, -0.05) is 27.2 Å². The van der Waals surface area contributed by atoms with Gasteiger partial charge in [-0.25, -0.2) is 9.59 Å². The average Bonchev–Trinajstić information content (AvgIpc) is 2.30. The fraction of sp³-hybridized carbons (Fsp3) is 0.846. The maximum Gasteiger partial charge on any atom is 0.326 e. The van der Waals surface area contributed by atoms with Crippen molar-refractivity contribution in [2.45, 2.75) is 59.5 Å². The lowest BCUT2D eigenvalue weighted by Crippen LogP contribution is -2.52. The summed E-state index contributed by atoms with van der Waals surface area (Å²) in [6.45, 7) is 10.2. The van der Waals surface area contributed by atoms with E-state index in [1.54, 1.807) is 4.90 Å². The normalized spacial score (nSPS) is 14.1. The summed E-state index contributed by atoms with van der Waals surface area (Å²) in [6, 6.07) is -1.04. The van der Waals surface area contributed by atoms with Crippen LogP contribution in [0.25, 0.3) is 0 Å². The standard InChI is InChI=1S/C13H26N2O3/c1-6-8-15(9(3)4)13(18)14-11(12(16)17)10(5)7-2/h9-11H,6-8H2,1-5H3,(H,14,18)(H,16,17)/t10-,11-/m0/s1. The van der Waals surface area contributed by atoms with E-state index in [9.17, 15) is 9.59 Å². The molecule has 18 heavy (non-hydrogen) atoms. The number of hydrogen-bond acceptors (Lipinski definition) is 2. The van der Waals surface area contributed by atoms with Gasteiger partial charge in [0.1, 0.15) is 6.04 Å². The summed E-state index contributed by atoms with van der Waals surface area (Å²) < 4.78 is 0. The van der Waals surface area contributed by atoms with Crippen LogP contribution >= 0.6 is 0 Å². The summed E-state index contributed by atoms with van der Waals surface area (Å²) in [7, 11) is 0. The molecule has 0 saturated carbocycles. The molecule has 0 unspecified atom stereocenters. The van der Waals surface area contributed by atoms with E-state index in [1.165, 1.54) is 0 Å². The first-order valence-electron chi connectivity index (χ1n) is 6.65. The molecule has 0 radical (unpaired) electrons. The Labute approximate surface area is 110 Å². The lowest BCUT2D eigenvalue weighted by atomic mass is 9.99. The number of hydrogen-bond donors (Lipinski definition) is 2. The molecule has 0 aromatic carbocycles. The minimum Gasteiger partial charge on any atom is -0.480 e. The van der Waals surface area contributed by atoms with E-state index >= 15 is 0 Å². The zero-order chi connectivity index (χ0) is 14.3. The first kappa shape index (κ1) is 16.7. The van der Waals surface area contributed by atoms with Gasteiger partial charge in [-0.15, -0.1) is 0 Å².